The molecule has 1 aromatic heterocycles. The minimum atomic E-state index is -4.72. The van der Waals surface area contributed by atoms with Crippen molar-refractivity contribution in [2.24, 2.45) is 5.73 Å². The Morgan fingerprint density at radius 2 is 1.67 bits per heavy atom. The molecule has 2 amide bonds. The lowest BCUT2D eigenvalue weighted by Gasteiger charge is -2.36. The molecule has 0 spiro atoms. The number of aromatic nitrogens is 2. The minimum absolute atomic E-state index is 0.0623. The molecule has 2 heterocycles. The Morgan fingerprint density at radius 1 is 1.00 bits per heavy atom. The monoisotopic (exact) mass is 580 g/mol. The van der Waals surface area contributed by atoms with Gasteiger partial charge in [-0.3, -0.25) is 4.79 Å². The number of hydrogen-bond acceptors (Lipinski definition) is 7. The van der Waals surface area contributed by atoms with Gasteiger partial charge in [-0.25, -0.2) is 14.8 Å². The van der Waals surface area contributed by atoms with Crippen molar-refractivity contribution in [2.45, 2.75) is 39.5 Å². The third kappa shape index (κ3) is 7.69. The number of primary amides is 1. The number of carbonyl (C=O) groups is 2. The fourth-order valence-electron chi connectivity index (χ4n) is 4.20. The van der Waals surface area contributed by atoms with Gasteiger partial charge >= 0.3 is 12.3 Å². The summed E-state index contributed by atoms with van der Waals surface area (Å²) in [6, 6.07) is 11.9. The number of ether oxygens (including phenoxy) is 1. The summed E-state index contributed by atoms with van der Waals surface area (Å²) in [5.74, 6) is 4.39. The summed E-state index contributed by atoms with van der Waals surface area (Å²) in [4.78, 5) is 35.6. The first kappa shape index (κ1) is 30.2. The summed E-state index contributed by atoms with van der Waals surface area (Å²) in [6.45, 7) is 9.46. The third-order valence-corrected chi connectivity index (χ3v) is 6.34. The largest absolute Gasteiger partial charge is 0.444 e. The zero-order valence-corrected chi connectivity index (χ0v) is 23.7. The number of nitrogens with one attached hydrogen (secondary N) is 1. The number of anilines is 3. The molecule has 0 bridgehead atoms. The second-order valence-electron chi connectivity index (χ2n) is 10.7. The van der Waals surface area contributed by atoms with E-state index in [9.17, 15) is 22.8 Å². The maximum absolute atomic E-state index is 13.7. The fraction of sp³-hybridized carbons (Fsp3) is 0.333. The summed E-state index contributed by atoms with van der Waals surface area (Å²) in [7, 11) is 0. The molecule has 220 valence electrons. The van der Waals surface area contributed by atoms with Crippen molar-refractivity contribution in [3.8, 4) is 11.8 Å². The molecule has 42 heavy (non-hydrogen) atoms. The quantitative estimate of drug-likeness (QED) is 0.413. The number of alkyl halides is 3. The van der Waals surface area contributed by atoms with Gasteiger partial charge in [0.05, 0.1) is 0 Å². The smallest absolute Gasteiger partial charge is 0.420 e. The highest BCUT2D eigenvalue weighted by atomic mass is 19.4. The molecule has 3 aromatic rings. The van der Waals surface area contributed by atoms with Gasteiger partial charge in [0.1, 0.15) is 16.9 Å². The number of rotatable bonds is 4. The zero-order valence-electron chi connectivity index (χ0n) is 23.7. The van der Waals surface area contributed by atoms with Gasteiger partial charge in [-0.2, -0.15) is 13.2 Å². The van der Waals surface area contributed by atoms with Gasteiger partial charge in [-0.15, -0.1) is 0 Å². The lowest BCUT2D eigenvalue weighted by Crippen LogP contribution is -2.50. The molecule has 0 unspecified atom stereocenters. The van der Waals surface area contributed by atoms with Gasteiger partial charge < -0.3 is 25.6 Å². The molecule has 1 fully saturated rings. The highest BCUT2D eigenvalue weighted by Gasteiger charge is 2.35. The standard InChI is InChI=1S/C30H31F3N6O3/c1-19-5-6-20(17-23(19)26(34)40)7-12-25-24(30(31,32)33)18-35-27(37-25)36-21-8-10-22(11-9-21)38-13-15-39(16-14-38)28(41)42-29(2,3)4/h5-6,8-11,17-18H,13-16H2,1-4H3,(H2,34,40)(H,35,36,37). The Labute approximate surface area is 241 Å². The van der Waals surface area contributed by atoms with E-state index >= 15 is 0 Å². The van der Waals surface area contributed by atoms with E-state index in [1.165, 1.54) is 6.07 Å². The number of nitrogens with two attached hydrogens (primary N) is 1. The molecule has 2 aromatic carbocycles. The Kier molecular flexibility index (Phi) is 8.61. The van der Waals surface area contributed by atoms with Crippen LogP contribution in [0.15, 0.2) is 48.7 Å². The number of carbonyl (C=O) groups excluding carboxylic acids is 2. The normalized spacial score (nSPS) is 13.7. The van der Waals surface area contributed by atoms with Gasteiger partial charge in [0.2, 0.25) is 11.9 Å². The number of halogens is 3. The molecule has 12 heteroatoms. The van der Waals surface area contributed by atoms with Crippen molar-refractivity contribution in [1.82, 2.24) is 14.9 Å². The van der Waals surface area contributed by atoms with Gasteiger partial charge in [0.15, 0.2) is 0 Å². The number of amides is 2. The lowest BCUT2D eigenvalue weighted by atomic mass is 10.0. The zero-order chi connectivity index (χ0) is 30.7. The second-order valence-corrected chi connectivity index (χ2v) is 10.7. The number of benzene rings is 2. The van der Waals surface area contributed by atoms with Crippen LogP contribution in [0.1, 0.15) is 53.5 Å². The van der Waals surface area contributed by atoms with Crippen LogP contribution in [0.3, 0.4) is 0 Å². The van der Waals surface area contributed by atoms with Crippen molar-refractivity contribution in [3.63, 3.8) is 0 Å². The van der Waals surface area contributed by atoms with E-state index < -0.39 is 28.9 Å². The summed E-state index contributed by atoms with van der Waals surface area (Å²) in [5.41, 5.74) is 5.89. The van der Waals surface area contributed by atoms with Gasteiger partial charge in [-0.1, -0.05) is 12.0 Å². The van der Waals surface area contributed by atoms with Crippen LogP contribution >= 0.6 is 0 Å². The van der Waals surface area contributed by atoms with Crippen LogP contribution in [0.4, 0.5) is 35.3 Å². The van der Waals surface area contributed by atoms with Crippen LogP contribution in [0.2, 0.25) is 0 Å². The Bertz CT molecular complexity index is 1530. The van der Waals surface area contributed by atoms with Crippen LogP contribution < -0.4 is 16.0 Å². The molecular formula is C30H31F3N6O3. The number of piperazine rings is 1. The van der Waals surface area contributed by atoms with E-state index in [1.807, 2.05) is 32.9 Å². The minimum Gasteiger partial charge on any atom is -0.444 e. The highest BCUT2D eigenvalue weighted by molar-refractivity contribution is 5.94. The Morgan fingerprint density at radius 3 is 2.26 bits per heavy atom. The van der Waals surface area contributed by atoms with E-state index in [0.29, 0.717) is 49.2 Å². The van der Waals surface area contributed by atoms with E-state index in [-0.39, 0.29) is 17.6 Å². The first-order valence-electron chi connectivity index (χ1n) is 13.2. The molecule has 1 saturated heterocycles. The fourth-order valence-corrected chi connectivity index (χ4v) is 4.20. The van der Waals surface area contributed by atoms with Crippen molar-refractivity contribution in [1.29, 1.82) is 0 Å². The molecule has 0 radical (unpaired) electrons. The summed E-state index contributed by atoms with van der Waals surface area (Å²) >= 11 is 0. The summed E-state index contributed by atoms with van der Waals surface area (Å²) in [6.07, 6.45) is -4.37. The molecular weight excluding hydrogens is 549 g/mol. The third-order valence-electron chi connectivity index (χ3n) is 6.34. The topological polar surface area (TPSA) is 114 Å². The Hall–Kier alpha value is -4.79. The number of hydrogen-bond donors (Lipinski definition) is 2. The molecule has 9 nitrogen and oxygen atoms in total. The van der Waals surface area contributed by atoms with Crippen molar-refractivity contribution in [3.05, 3.63) is 76.6 Å². The first-order chi connectivity index (χ1) is 19.7. The van der Waals surface area contributed by atoms with E-state index in [0.717, 1.165) is 5.69 Å². The maximum atomic E-state index is 13.7. The van der Waals surface area contributed by atoms with Crippen molar-refractivity contribution < 1.29 is 27.5 Å². The molecule has 0 saturated carbocycles. The van der Waals surface area contributed by atoms with Crippen molar-refractivity contribution >= 4 is 29.3 Å². The van der Waals surface area contributed by atoms with E-state index in [4.69, 9.17) is 10.5 Å². The molecule has 1 aliphatic rings. The molecule has 4 rings (SSSR count). The van der Waals surface area contributed by atoms with E-state index in [2.05, 4.69) is 32.0 Å². The summed E-state index contributed by atoms with van der Waals surface area (Å²) < 4.78 is 46.4. The van der Waals surface area contributed by atoms with Gasteiger partial charge in [-0.05, 0) is 75.6 Å². The van der Waals surface area contributed by atoms with Gasteiger partial charge in [0, 0.05) is 54.9 Å². The van der Waals surface area contributed by atoms with Crippen LogP contribution in [-0.4, -0.2) is 58.6 Å². The SMILES string of the molecule is Cc1ccc(C#Cc2nc(Nc3ccc(N4CCN(C(=O)OC(C)(C)C)CC4)cc3)ncc2C(F)(F)F)cc1C(N)=O. The molecule has 0 atom stereocenters. The molecule has 0 aliphatic carbocycles. The van der Waals surface area contributed by atoms with Gasteiger partial charge in [0.25, 0.3) is 0 Å². The van der Waals surface area contributed by atoms with Crippen LogP contribution in [0.5, 0.6) is 0 Å². The molecule has 1 aliphatic heterocycles. The van der Waals surface area contributed by atoms with Crippen molar-refractivity contribution in [2.75, 3.05) is 36.4 Å². The average Bonchev–Trinajstić information content (AvgIpc) is 2.91. The highest BCUT2D eigenvalue weighted by Crippen LogP contribution is 2.31. The second kappa shape index (κ2) is 12.0. The van der Waals surface area contributed by atoms with Crippen LogP contribution in [0, 0.1) is 18.8 Å². The number of nitrogens with zero attached hydrogens (tertiary/aromatic N) is 4. The Balaban J connectivity index is 1.47. The van der Waals surface area contributed by atoms with E-state index in [1.54, 1.807) is 36.1 Å². The van der Waals surface area contributed by atoms with Crippen LogP contribution in [-0.2, 0) is 10.9 Å². The molecule has 3 N–H and O–H groups in total. The first-order valence-corrected chi connectivity index (χ1v) is 13.2. The number of aryl methyl sites for hydroxylation is 1. The predicted molar refractivity (Wildman–Crippen MR) is 152 cm³/mol. The predicted octanol–water partition coefficient (Wildman–Crippen LogP) is 5.10. The lowest BCUT2D eigenvalue weighted by molar-refractivity contribution is -0.138. The van der Waals surface area contributed by atoms with Crippen LogP contribution in [0.25, 0.3) is 0 Å². The summed E-state index contributed by atoms with van der Waals surface area (Å²) in [5, 5.41) is 2.92. The maximum Gasteiger partial charge on any atom is 0.420 e. The average molecular weight is 581 g/mol.